The van der Waals surface area contributed by atoms with E-state index in [9.17, 15) is 4.79 Å². The van der Waals surface area contributed by atoms with Crippen LogP contribution in [0.4, 0.5) is 0 Å². The molecule has 1 atom stereocenters. The van der Waals surface area contributed by atoms with E-state index in [1.54, 1.807) is 22.9 Å². The standard InChI is InChI=1S/C23H21Cl3N4O2/c24-14-8-9-18(17(25)12-14)30-22-15-6-2-3-7-19(15)32-20(26)13-16(22)21(27-30)23(31)28-29-10-4-1-5-11-29/h2-3,6-9,12,20H,1,4-5,10-11,13H2,(H,28,31). The fraction of sp³-hybridized carbons (Fsp3) is 0.304. The molecule has 2 aliphatic heterocycles. The number of hydrogen-bond acceptors (Lipinski definition) is 4. The smallest absolute Gasteiger partial charge is 0.286 e. The summed E-state index contributed by atoms with van der Waals surface area (Å²) in [4.78, 5) is 13.3. The van der Waals surface area contributed by atoms with Gasteiger partial charge in [-0.25, -0.2) is 9.69 Å². The topological polar surface area (TPSA) is 59.4 Å². The molecule has 1 fully saturated rings. The number of hydrazine groups is 1. The van der Waals surface area contributed by atoms with Gasteiger partial charge in [0.25, 0.3) is 5.91 Å². The lowest BCUT2D eigenvalue weighted by Gasteiger charge is -2.26. The molecule has 166 valence electrons. The zero-order chi connectivity index (χ0) is 22.2. The highest BCUT2D eigenvalue weighted by Crippen LogP contribution is 2.41. The molecule has 3 heterocycles. The van der Waals surface area contributed by atoms with E-state index in [2.05, 4.69) is 5.43 Å². The first kappa shape index (κ1) is 21.6. The summed E-state index contributed by atoms with van der Waals surface area (Å²) >= 11 is 19.2. The number of hydrogen-bond donors (Lipinski definition) is 1. The van der Waals surface area contributed by atoms with Crippen molar-refractivity contribution in [3.63, 3.8) is 0 Å². The van der Waals surface area contributed by atoms with E-state index in [0.29, 0.717) is 33.6 Å². The third-order valence-electron chi connectivity index (χ3n) is 5.71. The van der Waals surface area contributed by atoms with Gasteiger partial charge in [0.2, 0.25) is 0 Å². The summed E-state index contributed by atoms with van der Waals surface area (Å²) in [6.07, 6.45) is 3.60. The molecule has 5 rings (SSSR count). The second-order valence-corrected chi connectivity index (χ2v) is 9.23. The van der Waals surface area contributed by atoms with E-state index in [4.69, 9.17) is 44.6 Å². The monoisotopic (exact) mass is 490 g/mol. The summed E-state index contributed by atoms with van der Waals surface area (Å²) in [7, 11) is 0. The molecule has 2 aromatic carbocycles. The Morgan fingerprint density at radius 3 is 2.66 bits per heavy atom. The molecule has 9 heteroatoms. The lowest BCUT2D eigenvalue weighted by Crippen LogP contribution is -2.45. The predicted molar refractivity (Wildman–Crippen MR) is 126 cm³/mol. The molecule has 0 radical (unpaired) electrons. The van der Waals surface area contributed by atoms with Crippen LogP contribution in [0, 0.1) is 0 Å². The van der Waals surface area contributed by atoms with Gasteiger partial charge < -0.3 is 4.74 Å². The van der Waals surface area contributed by atoms with Gasteiger partial charge in [-0.05, 0) is 43.2 Å². The minimum absolute atomic E-state index is 0.268. The fourth-order valence-corrected chi connectivity index (χ4v) is 4.98. The van der Waals surface area contributed by atoms with Crippen LogP contribution in [0.3, 0.4) is 0 Å². The van der Waals surface area contributed by atoms with Crippen LogP contribution in [0.1, 0.15) is 35.3 Å². The number of alkyl halides is 1. The van der Waals surface area contributed by atoms with Crippen molar-refractivity contribution in [2.75, 3.05) is 13.1 Å². The van der Waals surface area contributed by atoms with Crippen LogP contribution in [0.2, 0.25) is 10.0 Å². The van der Waals surface area contributed by atoms with Crippen LogP contribution in [0.15, 0.2) is 42.5 Å². The lowest BCUT2D eigenvalue weighted by atomic mass is 10.0. The van der Waals surface area contributed by atoms with E-state index >= 15 is 0 Å². The molecule has 0 bridgehead atoms. The molecule has 1 unspecified atom stereocenters. The highest BCUT2D eigenvalue weighted by molar-refractivity contribution is 6.35. The van der Waals surface area contributed by atoms with Crippen molar-refractivity contribution >= 4 is 40.7 Å². The van der Waals surface area contributed by atoms with E-state index in [0.717, 1.165) is 42.8 Å². The van der Waals surface area contributed by atoms with Gasteiger partial charge in [0, 0.05) is 35.7 Å². The molecule has 3 aromatic rings. The molecule has 1 saturated heterocycles. The molecule has 1 N–H and O–H groups in total. The molecule has 0 saturated carbocycles. The van der Waals surface area contributed by atoms with Gasteiger partial charge in [-0.1, -0.05) is 53.4 Å². The molecule has 1 amide bonds. The Hall–Kier alpha value is -2.25. The van der Waals surface area contributed by atoms with Crippen molar-refractivity contribution in [2.45, 2.75) is 31.2 Å². The lowest BCUT2D eigenvalue weighted by molar-refractivity contribution is 0.0743. The number of rotatable bonds is 3. The maximum absolute atomic E-state index is 13.3. The zero-order valence-electron chi connectivity index (χ0n) is 17.2. The van der Waals surface area contributed by atoms with Crippen LogP contribution in [0.25, 0.3) is 16.9 Å². The van der Waals surface area contributed by atoms with Crippen LogP contribution in [-0.4, -0.2) is 39.3 Å². The molecule has 1 aromatic heterocycles. The Morgan fingerprint density at radius 2 is 1.88 bits per heavy atom. The average Bonchev–Trinajstić information content (AvgIpc) is 3.06. The normalized spacial score (nSPS) is 18.3. The van der Waals surface area contributed by atoms with Gasteiger partial charge in [-0.15, -0.1) is 0 Å². The molecular weight excluding hydrogens is 471 g/mol. The Balaban J connectivity index is 1.68. The molecule has 0 spiro atoms. The van der Waals surface area contributed by atoms with Gasteiger partial charge in [0.1, 0.15) is 5.75 Å². The Morgan fingerprint density at radius 1 is 1.09 bits per heavy atom. The van der Waals surface area contributed by atoms with Crippen LogP contribution < -0.4 is 10.2 Å². The van der Waals surface area contributed by atoms with Crippen LogP contribution >= 0.6 is 34.8 Å². The predicted octanol–water partition coefficient (Wildman–Crippen LogP) is 5.48. The third kappa shape index (κ3) is 4.08. The van der Waals surface area contributed by atoms with E-state index in [-0.39, 0.29) is 5.91 Å². The average molecular weight is 492 g/mol. The second kappa shape index (κ2) is 8.94. The highest BCUT2D eigenvalue weighted by atomic mass is 35.5. The molecule has 0 aliphatic carbocycles. The maximum Gasteiger partial charge on any atom is 0.286 e. The van der Waals surface area contributed by atoms with Gasteiger partial charge in [0.05, 0.1) is 16.4 Å². The van der Waals surface area contributed by atoms with Crippen LogP contribution in [-0.2, 0) is 6.42 Å². The number of halogens is 3. The Bertz CT molecular complexity index is 1170. The number of ether oxygens (including phenoxy) is 1. The SMILES string of the molecule is O=C(NN1CCCCC1)c1nn(-c2ccc(Cl)cc2Cl)c2c1CC(Cl)Oc1ccccc1-2. The number of fused-ring (bicyclic) bond motifs is 3. The number of benzene rings is 2. The Kier molecular flexibility index (Phi) is 6.03. The minimum atomic E-state index is -0.641. The van der Waals surface area contributed by atoms with Crippen molar-refractivity contribution in [1.29, 1.82) is 0 Å². The summed E-state index contributed by atoms with van der Waals surface area (Å²) < 4.78 is 7.64. The summed E-state index contributed by atoms with van der Waals surface area (Å²) in [5.41, 5.74) is 5.54. The number of amides is 1. The molecule has 2 aliphatic rings. The largest absolute Gasteiger partial charge is 0.474 e. The van der Waals surface area contributed by atoms with Gasteiger partial charge in [0.15, 0.2) is 11.3 Å². The van der Waals surface area contributed by atoms with Crippen molar-refractivity contribution in [3.8, 4) is 22.7 Å². The number of aromatic nitrogens is 2. The highest BCUT2D eigenvalue weighted by Gasteiger charge is 2.32. The second-order valence-electron chi connectivity index (χ2n) is 7.90. The molecule has 6 nitrogen and oxygen atoms in total. The number of carbonyl (C=O) groups excluding carboxylic acids is 1. The van der Waals surface area contributed by atoms with E-state index < -0.39 is 5.56 Å². The van der Waals surface area contributed by atoms with Gasteiger partial charge in [-0.2, -0.15) is 5.10 Å². The minimum Gasteiger partial charge on any atom is -0.474 e. The fourth-order valence-electron chi connectivity index (χ4n) is 4.24. The number of nitrogens with one attached hydrogen (secondary N) is 1. The third-order valence-corrected chi connectivity index (χ3v) is 6.50. The summed E-state index contributed by atoms with van der Waals surface area (Å²) in [5, 5.41) is 7.62. The van der Waals surface area contributed by atoms with Crippen molar-refractivity contribution in [2.24, 2.45) is 0 Å². The maximum atomic E-state index is 13.3. The number of nitrogens with zero attached hydrogens (tertiary/aromatic N) is 3. The molecule has 32 heavy (non-hydrogen) atoms. The van der Waals surface area contributed by atoms with E-state index in [1.165, 1.54) is 6.42 Å². The quantitative estimate of drug-likeness (QED) is 0.493. The summed E-state index contributed by atoms with van der Waals surface area (Å²) in [6.45, 7) is 1.64. The first-order valence-corrected chi connectivity index (χ1v) is 11.7. The summed E-state index contributed by atoms with van der Waals surface area (Å²) in [6, 6.07) is 12.8. The zero-order valence-corrected chi connectivity index (χ0v) is 19.4. The van der Waals surface area contributed by atoms with Crippen molar-refractivity contribution in [3.05, 3.63) is 63.8 Å². The van der Waals surface area contributed by atoms with Gasteiger partial charge >= 0.3 is 0 Å². The van der Waals surface area contributed by atoms with Crippen LogP contribution in [0.5, 0.6) is 5.75 Å². The number of piperidine rings is 1. The van der Waals surface area contributed by atoms with E-state index in [1.807, 2.05) is 29.3 Å². The first-order valence-electron chi connectivity index (χ1n) is 10.5. The van der Waals surface area contributed by atoms with Gasteiger partial charge in [-0.3, -0.25) is 10.2 Å². The van der Waals surface area contributed by atoms with Crippen molar-refractivity contribution in [1.82, 2.24) is 20.2 Å². The number of para-hydroxylation sites is 1. The Labute approximate surface area is 201 Å². The van der Waals surface area contributed by atoms with Crippen molar-refractivity contribution < 1.29 is 9.53 Å². The first-order chi connectivity index (χ1) is 15.5. The molecular formula is C23H21Cl3N4O2. The number of carbonyl (C=O) groups is 1. The summed E-state index contributed by atoms with van der Waals surface area (Å²) in [5.74, 6) is 0.357.